The second-order valence-electron chi connectivity index (χ2n) is 7.89. The van der Waals surface area contributed by atoms with Gasteiger partial charge in [-0.3, -0.25) is 9.69 Å². The van der Waals surface area contributed by atoms with Gasteiger partial charge in [-0.1, -0.05) is 25.1 Å². The molecule has 0 saturated carbocycles. The van der Waals surface area contributed by atoms with E-state index in [0.29, 0.717) is 19.1 Å². The Morgan fingerprint density at radius 1 is 1.20 bits per heavy atom. The van der Waals surface area contributed by atoms with Gasteiger partial charge >= 0.3 is 0 Å². The Labute approximate surface area is 179 Å². The number of aliphatic imine (C=N–C) groups is 1. The van der Waals surface area contributed by atoms with E-state index in [1.807, 2.05) is 18.2 Å². The Morgan fingerprint density at radius 2 is 1.97 bits per heavy atom. The van der Waals surface area contributed by atoms with Crippen molar-refractivity contribution >= 4 is 22.8 Å². The van der Waals surface area contributed by atoms with Crippen LogP contribution in [-0.2, 0) is 11.3 Å². The molecule has 0 aliphatic carbocycles. The van der Waals surface area contributed by atoms with Crippen molar-refractivity contribution in [3.63, 3.8) is 0 Å². The fraction of sp³-hybridized carbons (Fsp3) is 0.565. The first-order valence-corrected chi connectivity index (χ1v) is 11.1. The van der Waals surface area contributed by atoms with Crippen LogP contribution < -0.4 is 16.0 Å². The zero-order valence-electron chi connectivity index (χ0n) is 18.5. The summed E-state index contributed by atoms with van der Waals surface area (Å²) in [6.45, 7) is 10.6. The smallest absolute Gasteiger partial charge is 0.234 e. The lowest BCUT2D eigenvalue weighted by atomic mass is 10.1. The van der Waals surface area contributed by atoms with Crippen LogP contribution in [0.25, 0.3) is 11.0 Å². The largest absolute Gasteiger partial charge is 0.459 e. The molecule has 1 amide bonds. The Kier molecular flexibility index (Phi) is 8.13. The summed E-state index contributed by atoms with van der Waals surface area (Å²) in [5.41, 5.74) is 2.06. The number of nitrogens with one attached hydrogen (secondary N) is 3. The number of aryl methyl sites for hydroxylation is 1. The van der Waals surface area contributed by atoms with Gasteiger partial charge in [0, 0.05) is 43.2 Å². The number of para-hydroxylation sites is 1. The van der Waals surface area contributed by atoms with Crippen molar-refractivity contribution < 1.29 is 9.21 Å². The molecule has 3 rings (SSSR count). The molecule has 0 bridgehead atoms. The Balaban J connectivity index is 1.53. The fourth-order valence-corrected chi connectivity index (χ4v) is 3.80. The van der Waals surface area contributed by atoms with E-state index in [0.717, 1.165) is 73.7 Å². The second kappa shape index (κ2) is 11.0. The molecule has 7 nitrogen and oxygen atoms in total. The number of likely N-dealkylation sites (tertiary alicyclic amines) is 1. The van der Waals surface area contributed by atoms with E-state index in [-0.39, 0.29) is 5.91 Å². The Hall–Kier alpha value is -2.54. The number of nitrogens with zero attached hydrogens (tertiary/aromatic N) is 2. The zero-order chi connectivity index (χ0) is 21.3. The number of rotatable bonds is 8. The third kappa shape index (κ3) is 5.98. The molecule has 7 heteroatoms. The zero-order valence-corrected chi connectivity index (χ0v) is 18.5. The maximum atomic E-state index is 11.9. The topological polar surface area (TPSA) is 81.9 Å². The normalized spacial score (nSPS) is 16.0. The first-order chi connectivity index (χ1) is 14.6. The summed E-state index contributed by atoms with van der Waals surface area (Å²) in [6.07, 6.45) is 2.96. The summed E-state index contributed by atoms with van der Waals surface area (Å²) in [5.74, 6) is 1.84. The van der Waals surface area contributed by atoms with Crippen molar-refractivity contribution in [3.05, 3.63) is 35.6 Å². The predicted molar refractivity (Wildman–Crippen MR) is 122 cm³/mol. The van der Waals surface area contributed by atoms with E-state index < -0.39 is 0 Å². The van der Waals surface area contributed by atoms with Gasteiger partial charge in [-0.2, -0.15) is 0 Å². The van der Waals surface area contributed by atoms with Crippen LogP contribution in [0.4, 0.5) is 0 Å². The van der Waals surface area contributed by atoms with Crippen LogP contribution in [-0.4, -0.2) is 55.5 Å². The molecule has 1 aliphatic rings. The number of guanidine groups is 1. The van der Waals surface area contributed by atoms with E-state index in [4.69, 9.17) is 9.41 Å². The SMILES string of the molecule is CCCNC(=O)CN1CCC(NC(=NCc2oc3ccccc3c2C)NCC)CC1. The quantitative estimate of drug-likeness (QED) is 0.458. The van der Waals surface area contributed by atoms with Gasteiger partial charge in [-0.15, -0.1) is 0 Å². The molecule has 1 aromatic carbocycles. The first-order valence-electron chi connectivity index (χ1n) is 11.1. The number of amides is 1. The fourth-order valence-electron chi connectivity index (χ4n) is 3.80. The van der Waals surface area contributed by atoms with Crippen LogP contribution in [0.5, 0.6) is 0 Å². The molecule has 1 aromatic heterocycles. The third-order valence-corrected chi connectivity index (χ3v) is 5.54. The van der Waals surface area contributed by atoms with Gasteiger partial charge in [0.05, 0.1) is 6.54 Å². The molecule has 0 atom stereocenters. The second-order valence-corrected chi connectivity index (χ2v) is 7.89. The molecule has 1 fully saturated rings. The highest BCUT2D eigenvalue weighted by atomic mass is 16.3. The predicted octanol–water partition coefficient (Wildman–Crippen LogP) is 2.79. The lowest BCUT2D eigenvalue weighted by molar-refractivity contribution is -0.122. The molecule has 3 N–H and O–H groups in total. The molecule has 2 aromatic rings. The van der Waals surface area contributed by atoms with Crippen molar-refractivity contribution in [1.82, 2.24) is 20.9 Å². The molecule has 0 radical (unpaired) electrons. The molecule has 30 heavy (non-hydrogen) atoms. The number of benzene rings is 1. The molecular formula is C23H35N5O2. The van der Waals surface area contributed by atoms with E-state index in [9.17, 15) is 4.79 Å². The highest BCUT2D eigenvalue weighted by molar-refractivity contribution is 5.82. The van der Waals surface area contributed by atoms with Crippen LogP contribution in [0.3, 0.4) is 0 Å². The monoisotopic (exact) mass is 413 g/mol. The number of fused-ring (bicyclic) bond motifs is 1. The molecule has 1 saturated heterocycles. The maximum Gasteiger partial charge on any atom is 0.234 e. The average Bonchev–Trinajstić information content (AvgIpc) is 3.08. The lowest BCUT2D eigenvalue weighted by Gasteiger charge is -2.32. The molecule has 1 aliphatic heterocycles. The van der Waals surface area contributed by atoms with Gasteiger partial charge in [0.2, 0.25) is 5.91 Å². The van der Waals surface area contributed by atoms with Gasteiger partial charge in [0.15, 0.2) is 5.96 Å². The van der Waals surface area contributed by atoms with Crippen LogP contribution in [0.1, 0.15) is 44.4 Å². The first kappa shape index (κ1) is 22.2. The Bertz CT molecular complexity index is 852. The van der Waals surface area contributed by atoms with Gasteiger partial charge < -0.3 is 20.4 Å². The summed E-state index contributed by atoms with van der Waals surface area (Å²) in [6, 6.07) is 8.46. The number of carbonyl (C=O) groups excluding carboxylic acids is 1. The van der Waals surface area contributed by atoms with Crippen LogP contribution >= 0.6 is 0 Å². The molecule has 0 spiro atoms. The van der Waals surface area contributed by atoms with Gasteiger partial charge in [-0.05, 0) is 39.2 Å². The van der Waals surface area contributed by atoms with Crippen molar-refractivity contribution in [2.24, 2.45) is 4.99 Å². The van der Waals surface area contributed by atoms with Crippen molar-refractivity contribution in [2.75, 3.05) is 32.7 Å². The van der Waals surface area contributed by atoms with E-state index >= 15 is 0 Å². The summed E-state index contributed by atoms with van der Waals surface area (Å²) < 4.78 is 5.99. The van der Waals surface area contributed by atoms with Crippen molar-refractivity contribution in [1.29, 1.82) is 0 Å². The lowest BCUT2D eigenvalue weighted by Crippen LogP contribution is -2.50. The molecule has 2 heterocycles. The summed E-state index contributed by atoms with van der Waals surface area (Å²) >= 11 is 0. The van der Waals surface area contributed by atoms with Crippen LogP contribution in [0, 0.1) is 6.92 Å². The minimum absolute atomic E-state index is 0.124. The van der Waals surface area contributed by atoms with Gasteiger partial charge in [-0.25, -0.2) is 4.99 Å². The summed E-state index contributed by atoms with van der Waals surface area (Å²) in [7, 11) is 0. The number of furan rings is 1. The van der Waals surface area contributed by atoms with E-state index in [1.54, 1.807) is 0 Å². The number of hydrogen-bond donors (Lipinski definition) is 3. The van der Waals surface area contributed by atoms with E-state index in [2.05, 4.69) is 47.7 Å². The number of carbonyl (C=O) groups is 1. The van der Waals surface area contributed by atoms with Crippen LogP contribution in [0.2, 0.25) is 0 Å². The number of piperidine rings is 1. The highest BCUT2D eigenvalue weighted by Gasteiger charge is 2.21. The Morgan fingerprint density at radius 3 is 2.67 bits per heavy atom. The van der Waals surface area contributed by atoms with Crippen molar-refractivity contribution in [2.45, 2.75) is 52.6 Å². The third-order valence-electron chi connectivity index (χ3n) is 5.54. The molecule has 0 unspecified atom stereocenters. The standard InChI is InChI=1S/C23H35N5O2/c1-4-12-25-22(29)16-28-13-10-18(11-14-28)27-23(24-5-2)26-15-21-17(3)19-8-6-7-9-20(19)30-21/h6-9,18H,4-5,10-16H2,1-3H3,(H,25,29)(H2,24,26,27). The van der Waals surface area contributed by atoms with Gasteiger partial charge in [0.1, 0.15) is 17.9 Å². The van der Waals surface area contributed by atoms with Crippen LogP contribution in [0.15, 0.2) is 33.7 Å². The average molecular weight is 414 g/mol. The minimum atomic E-state index is 0.124. The van der Waals surface area contributed by atoms with E-state index in [1.165, 1.54) is 0 Å². The maximum absolute atomic E-state index is 11.9. The minimum Gasteiger partial charge on any atom is -0.459 e. The highest BCUT2D eigenvalue weighted by Crippen LogP contribution is 2.25. The molecule has 164 valence electrons. The molecular weight excluding hydrogens is 378 g/mol. The number of hydrogen-bond acceptors (Lipinski definition) is 4. The van der Waals surface area contributed by atoms with Gasteiger partial charge in [0.25, 0.3) is 0 Å². The summed E-state index contributed by atoms with van der Waals surface area (Å²) in [4.78, 5) is 18.9. The summed E-state index contributed by atoms with van der Waals surface area (Å²) in [5, 5.41) is 11.0. The van der Waals surface area contributed by atoms with Crippen molar-refractivity contribution in [3.8, 4) is 0 Å².